The van der Waals surface area contributed by atoms with Gasteiger partial charge >= 0.3 is 0 Å². The van der Waals surface area contributed by atoms with Gasteiger partial charge in [0.15, 0.2) is 5.82 Å². The van der Waals surface area contributed by atoms with Crippen molar-refractivity contribution >= 4 is 11.5 Å². The minimum atomic E-state index is 0.160. The van der Waals surface area contributed by atoms with E-state index in [2.05, 4.69) is 37.7 Å². The van der Waals surface area contributed by atoms with Crippen molar-refractivity contribution in [1.29, 1.82) is 0 Å². The van der Waals surface area contributed by atoms with E-state index in [1.54, 1.807) is 6.07 Å². The maximum atomic E-state index is 10.4. The first kappa shape index (κ1) is 26.3. The summed E-state index contributed by atoms with van der Waals surface area (Å²) in [7, 11) is 0. The number of nitrogens with one attached hydrogen (secondary N) is 1. The van der Waals surface area contributed by atoms with Crippen molar-refractivity contribution in [2.24, 2.45) is 17.8 Å². The molecule has 4 N–H and O–H groups in total. The van der Waals surface area contributed by atoms with Crippen molar-refractivity contribution in [3.8, 4) is 17.0 Å². The molecule has 4 atom stereocenters. The molecule has 3 aromatic rings. The molecule has 1 aromatic carbocycles. The van der Waals surface area contributed by atoms with Crippen LogP contribution < -0.4 is 16.0 Å². The Balaban J connectivity index is 0.937. The first-order valence-electron chi connectivity index (χ1n) is 16.0. The predicted molar refractivity (Wildman–Crippen MR) is 163 cm³/mol. The molecule has 2 aliphatic heterocycles. The van der Waals surface area contributed by atoms with E-state index in [1.807, 2.05) is 24.3 Å². The Hall–Kier alpha value is -3.30. The highest BCUT2D eigenvalue weighted by Gasteiger charge is 2.67. The third kappa shape index (κ3) is 4.35. The van der Waals surface area contributed by atoms with Crippen LogP contribution in [-0.2, 0) is 5.41 Å². The second kappa shape index (κ2) is 10.5. The zero-order valence-electron chi connectivity index (χ0n) is 24.3. The SMILES string of the molecule is Nc1nnc(-c2ccccc2O)cc1N1CCC2CC3(c4ncc(C5CCC(N6CCNCC6)CC5)cn4)CC(C1)C23. The van der Waals surface area contributed by atoms with Crippen LogP contribution in [0.15, 0.2) is 42.7 Å². The van der Waals surface area contributed by atoms with Crippen molar-refractivity contribution in [3.05, 3.63) is 54.1 Å². The van der Waals surface area contributed by atoms with Crippen LogP contribution in [-0.4, -0.2) is 75.5 Å². The number of phenols is 1. The number of aromatic hydroxyl groups is 1. The van der Waals surface area contributed by atoms with Gasteiger partial charge in [-0.25, -0.2) is 9.97 Å². The molecule has 8 rings (SSSR count). The Labute approximate surface area is 248 Å². The summed E-state index contributed by atoms with van der Waals surface area (Å²) in [6.45, 7) is 6.58. The van der Waals surface area contributed by atoms with E-state index in [0.29, 0.717) is 40.7 Å². The lowest BCUT2D eigenvalue weighted by atomic mass is 9.38. The molecular weight excluding hydrogens is 524 g/mol. The molecular formula is C33H42N8O. The lowest BCUT2D eigenvalue weighted by molar-refractivity contribution is -0.120. The summed E-state index contributed by atoms with van der Waals surface area (Å²) in [6.07, 6.45) is 12.9. The van der Waals surface area contributed by atoms with Crippen molar-refractivity contribution in [3.63, 3.8) is 0 Å². The highest BCUT2D eigenvalue weighted by Crippen LogP contribution is 2.69. The summed E-state index contributed by atoms with van der Waals surface area (Å²) in [5, 5.41) is 22.4. The molecule has 5 fully saturated rings. The van der Waals surface area contributed by atoms with Gasteiger partial charge < -0.3 is 21.1 Å². The minimum Gasteiger partial charge on any atom is -0.507 e. The molecule has 4 unspecified atom stereocenters. The van der Waals surface area contributed by atoms with Gasteiger partial charge in [0.25, 0.3) is 0 Å². The van der Waals surface area contributed by atoms with Crippen LogP contribution in [0.2, 0.25) is 0 Å². The number of hydrogen-bond acceptors (Lipinski definition) is 9. The summed E-state index contributed by atoms with van der Waals surface area (Å²) in [5.74, 6) is 4.31. The molecule has 5 aliphatic rings. The van der Waals surface area contributed by atoms with E-state index in [1.165, 1.54) is 50.8 Å². The van der Waals surface area contributed by atoms with Crippen molar-refractivity contribution in [2.45, 2.75) is 62.3 Å². The van der Waals surface area contributed by atoms with Crippen molar-refractivity contribution in [2.75, 3.05) is 49.9 Å². The average molecular weight is 567 g/mol. The average Bonchev–Trinajstić information content (AvgIpc) is 3.07. The fourth-order valence-electron chi connectivity index (χ4n) is 9.31. The number of aromatic nitrogens is 4. The second-order valence-electron chi connectivity index (χ2n) is 13.5. The molecule has 2 saturated heterocycles. The molecule has 3 aliphatic carbocycles. The quantitative estimate of drug-likeness (QED) is 0.422. The molecule has 3 saturated carbocycles. The van der Waals surface area contributed by atoms with Crippen LogP contribution in [0.3, 0.4) is 0 Å². The molecule has 0 spiro atoms. The molecule has 2 aromatic heterocycles. The number of para-hydroxylation sites is 1. The van der Waals surface area contributed by atoms with Crippen molar-refractivity contribution < 1.29 is 5.11 Å². The van der Waals surface area contributed by atoms with Crippen LogP contribution in [0.5, 0.6) is 5.75 Å². The minimum absolute atomic E-state index is 0.160. The standard InChI is InChI=1S/C33H42N8O/c34-31-28(15-27(38-39-31)26-3-1-2-4-29(26)42)41-12-9-22-16-33(17-23(20-41)30(22)33)32-36-18-24(19-37-32)21-5-7-25(8-6-21)40-13-10-35-11-14-40/h1-4,15,18-19,21-23,25,30,35,42H,5-14,16-17,20H2,(H2,34,39). The summed E-state index contributed by atoms with van der Waals surface area (Å²) in [5.41, 5.74) is 10.1. The van der Waals surface area contributed by atoms with Crippen LogP contribution in [0.1, 0.15) is 62.3 Å². The lowest BCUT2D eigenvalue weighted by Crippen LogP contribution is -2.65. The molecule has 0 bridgehead atoms. The Morgan fingerprint density at radius 1 is 0.905 bits per heavy atom. The first-order valence-corrected chi connectivity index (χ1v) is 16.0. The van der Waals surface area contributed by atoms with Crippen molar-refractivity contribution in [1.82, 2.24) is 30.4 Å². The maximum absolute atomic E-state index is 10.4. The van der Waals surface area contributed by atoms with Crippen LogP contribution >= 0.6 is 0 Å². The van der Waals surface area contributed by atoms with Gasteiger partial charge in [0.1, 0.15) is 11.6 Å². The Morgan fingerprint density at radius 3 is 2.45 bits per heavy atom. The zero-order valence-corrected chi connectivity index (χ0v) is 24.3. The largest absolute Gasteiger partial charge is 0.507 e. The smallest absolute Gasteiger partial charge is 0.169 e. The fourth-order valence-corrected chi connectivity index (χ4v) is 9.31. The van der Waals surface area contributed by atoms with E-state index < -0.39 is 0 Å². The zero-order chi connectivity index (χ0) is 28.3. The Bertz CT molecular complexity index is 1430. The highest BCUT2D eigenvalue weighted by atomic mass is 16.3. The summed E-state index contributed by atoms with van der Waals surface area (Å²) in [4.78, 5) is 15.2. The first-order chi connectivity index (χ1) is 20.6. The van der Waals surface area contributed by atoms with Gasteiger partial charge in [0, 0.05) is 68.7 Å². The van der Waals surface area contributed by atoms with Gasteiger partial charge in [-0.1, -0.05) is 12.1 Å². The van der Waals surface area contributed by atoms with Crippen LogP contribution in [0.25, 0.3) is 11.3 Å². The normalized spacial score (nSPS) is 32.8. The molecule has 0 amide bonds. The third-order valence-electron chi connectivity index (χ3n) is 11.4. The van der Waals surface area contributed by atoms with Gasteiger partial charge in [-0.15, -0.1) is 10.2 Å². The number of rotatable bonds is 5. The number of benzene rings is 1. The van der Waals surface area contributed by atoms with Crippen LogP contribution in [0.4, 0.5) is 11.5 Å². The topological polar surface area (TPSA) is 116 Å². The Morgan fingerprint density at radius 2 is 1.67 bits per heavy atom. The monoisotopic (exact) mass is 566 g/mol. The van der Waals surface area contributed by atoms with Gasteiger partial charge in [0.2, 0.25) is 0 Å². The molecule has 4 heterocycles. The molecule has 9 nitrogen and oxygen atoms in total. The van der Waals surface area contributed by atoms with E-state index in [0.717, 1.165) is 56.6 Å². The van der Waals surface area contributed by atoms with Gasteiger partial charge in [-0.3, -0.25) is 4.90 Å². The fraction of sp³-hybridized carbons (Fsp3) is 0.576. The Kier molecular flexibility index (Phi) is 6.55. The van der Waals surface area contributed by atoms with E-state index in [-0.39, 0.29) is 11.2 Å². The predicted octanol–water partition coefficient (Wildman–Crippen LogP) is 3.96. The molecule has 9 heteroatoms. The highest BCUT2D eigenvalue weighted by molar-refractivity contribution is 5.74. The number of anilines is 2. The third-order valence-corrected chi connectivity index (χ3v) is 11.4. The summed E-state index contributed by atoms with van der Waals surface area (Å²) < 4.78 is 0. The number of hydrogen-bond donors (Lipinski definition) is 3. The second-order valence-corrected chi connectivity index (χ2v) is 13.5. The number of nitrogens with two attached hydrogens (primary N) is 1. The number of piperazine rings is 1. The van der Waals surface area contributed by atoms with Gasteiger partial charge in [-0.05, 0) is 92.4 Å². The molecule has 220 valence electrons. The molecule has 42 heavy (non-hydrogen) atoms. The molecule has 0 radical (unpaired) electrons. The van der Waals surface area contributed by atoms with E-state index in [4.69, 9.17) is 15.7 Å². The number of nitrogens with zero attached hydrogens (tertiary/aromatic N) is 6. The van der Waals surface area contributed by atoms with Gasteiger partial charge in [-0.2, -0.15) is 0 Å². The van der Waals surface area contributed by atoms with E-state index >= 15 is 0 Å². The lowest BCUT2D eigenvalue weighted by Gasteiger charge is -2.66. The summed E-state index contributed by atoms with van der Waals surface area (Å²) in [6, 6.07) is 10.0. The number of phenolic OH excluding ortho intramolecular Hbond substituents is 1. The van der Waals surface area contributed by atoms with Gasteiger partial charge in [0.05, 0.1) is 11.4 Å². The number of nitrogen functional groups attached to an aromatic ring is 1. The van der Waals surface area contributed by atoms with E-state index in [9.17, 15) is 5.11 Å². The maximum Gasteiger partial charge on any atom is 0.169 e. The van der Waals surface area contributed by atoms with Crippen LogP contribution in [0, 0.1) is 17.8 Å². The summed E-state index contributed by atoms with van der Waals surface area (Å²) >= 11 is 0.